The molecule has 1 aliphatic rings. The zero-order chi connectivity index (χ0) is 20.7. The first kappa shape index (κ1) is 19.9. The van der Waals surface area contributed by atoms with E-state index in [2.05, 4.69) is 0 Å². The molecule has 1 aliphatic carbocycles. The Kier molecular flexibility index (Phi) is 5.34. The van der Waals surface area contributed by atoms with E-state index in [9.17, 15) is 15.0 Å². The van der Waals surface area contributed by atoms with Gasteiger partial charge >= 0.3 is 0 Å². The quantitative estimate of drug-likeness (QED) is 0.658. The molecular formula is C24H26NO3S-. The van der Waals surface area contributed by atoms with Crippen molar-refractivity contribution in [3.8, 4) is 16.9 Å². The van der Waals surface area contributed by atoms with E-state index in [0.29, 0.717) is 23.2 Å². The highest BCUT2D eigenvalue weighted by molar-refractivity contribution is 7.19. The van der Waals surface area contributed by atoms with Crippen molar-refractivity contribution in [2.45, 2.75) is 65.2 Å². The molecule has 2 aromatic heterocycles. The first-order valence-electron chi connectivity index (χ1n) is 10.4. The number of aromatic hydroxyl groups is 1. The van der Waals surface area contributed by atoms with Crippen LogP contribution in [0.25, 0.3) is 21.3 Å². The fourth-order valence-corrected chi connectivity index (χ4v) is 5.96. The van der Waals surface area contributed by atoms with Gasteiger partial charge in [0.15, 0.2) is 0 Å². The first-order valence-corrected chi connectivity index (χ1v) is 11.2. The summed E-state index contributed by atoms with van der Waals surface area (Å²) in [6.45, 7) is 5.80. The molecule has 1 unspecified atom stereocenters. The van der Waals surface area contributed by atoms with Gasteiger partial charge in [-0.25, -0.2) is 4.98 Å². The number of phenolic OH excluding ortho intramolecular Hbond substituents is 1. The number of thiophene rings is 1. The lowest BCUT2D eigenvalue weighted by Crippen LogP contribution is -2.30. The Morgan fingerprint density at radius 1 is 1.28 bits per heavy atom. The number of hydrogen-bond acceptors (Lipinski definition) is 5. The van der Waals surface area contributed by atoms with Crippen molar-refractivity contribution in [2.75, 3.05) is 0 Å². The highest BCUT2D eigenvalue weighted by atomic mass is 32.1. The van der Waals surface area contributed by atoms with E-state index in [4.69, 9.17) is 4.98 Å². The molecule has 0 amide bonds. The number of aryl methyl sites for hydroxylation is 4. The molecule has 4 rings (SSSR count). The minimum Gasteiger partial charge on any atom is -0.549 e. The van der Waals surface area contributed by atoms with Crippen LogP contribution in [0.15, 0.2) is 18.2 Å². The van der Waals surface area contributed by atoms with Crippen molar-refractivity contribution >= 4 is 27.5 Å². The smallest absolute Gasteiger partial charge is 0.124 e. The average Bonchev–Trinajstić information content (AvgIpc) is 3.03. The highest BCUT2D eigenvalue weighted by Crippen LogP contribution is 2.47. The molecule has 0 radical (unpaired) electrons. The number of carboxylic acid groups (broad SMARTS) is 1. The molecule has 5 heteroatoms. The normalized spacial score (nSPS) is 14.7. The Labute approximate surface area is 175 Å². The molecule has 1 N–H and O–H groups in total. The van der Waals surface area contributed by atoms with E-state index in [0.717, 1.165) is 47.0 Å². The second-order valence-corrected chi connectivity index (χ2v) is 9.14. The van der Waals surface area contributed by atoms with Crippen molar-refractivity contribution in [1.29, 1.82) is 0 Å². The van der Waals surface area contributed by atoms with Crippen LogP contribution in [0.1, 0.15) is 65.8 Å². The summed E-state index contributed by atoms with van der Waals surface area (Å²) in [6.07, 6.45) is 5.54. The lowest BCUT2D eigenvalue weighted by atomic mass is 9.83. The Morgan fingerprint density at radius 2 is 2.03 bits per heavy atom. The Morgan fingerprint density at radius 3 is 2.72 bits per heavy atom. The van der Waals surface area contributed by atoms with Gasteiger partial charge in [0.25, 0.3) is 0 Å². The molecule has 0 bridgehead atoms. The number of rotatable bonds is 5. The number of nitrogens with zero attached hydrogens (tertiary/aromatic N) is 1. The van der Waals surface area contributed by atoms with E-state index in [-0.39, 0.29) is 5.75 Å². The minimum atomic E-state index is -1.08. The number of carbonyl (C=O) groups excluding carboxylic acids is 1. The van der Waals surface area contributed by atoms with E-state index in [1.165, 1.54) is 16.9 Å². The number of aromatic nitrogens is 1. The summed E-state index contributed by atoms with van der Waals surface area (Å²) in [5.41, 5.74) is 5.20. The Balaban J connectivity index is 2.13. The van der Waals surface area contributed by atoms with Crippen molar-refractivity contribution in [3.63, 3.8) is 0 Å². The maximum Gasteiger partial charge on any atom is 0.124 e. The van der Waals surface area contributed by atoms with Crippen LogP contribution < -0.4 is 5.11 Å². The van der Waals surface area contributed by atoms with Gasteiger partial charge in [-0.3, -0.25) is 0 Å². The van der Waals surface area contributed by atoms with E-state index in [1.807, 2.05) is 32.9 Å². The number of pyridine rings is 1. The van der Waals surface area contributed by atoms with Crippen LogP contribution in [-0.2, 0) is 17.6 Å². The molecule has 29 heavy (non-hydrogen) atoms. The molecule has 152 valence electrons. The van der Waals surface area contributed by atoms with Gasteiger partial charge in [0.05, 0.1) is 0 Å². The number of aliphatic carboxylic acids is 1. The van der Waals surface area contributed by atoms with Crippen LogP contribution in [0, 0.1) is 13.8 Å². The van der Waals surface area contributed by atoms with E-state index < -0.39 is 11.9 Å². The Hall–Kier alpha value is -2.40. The van der Waals surface area contributed by atoms with Gasteiger partial charge in [-0.15, -0.1) is 11.3 Å². The third kappa shape index (κ3) is 3.42. The molecule has 0 spiro atoms. The summed E-state index contributed by atoms with van der Waals surface area (Å²) in [7, 11) is 0. The van der Waals surface area contributed by atoms with Gasteiger partial charge in [-0.05, 0) is 68.7 Å². The van der Waals surface area contributed by atoms with Gasteiger partial charge in [-0.1, -0.05) is 25.5 Å². The second-order valence-electron chi connectivity index (χ2n) is 8.06. The number of hydrogen-bond donors (Lipinski definition) is 1. The Bertz CT molecular complexity index is 1100. The van der Waals surface area contributed by atoms with Crippen molar-refractivity contribution < 1.29 is 15.0 Å². The number of fused-ring (bicyclic) bond motifs is 3. The molecule has 1 aromatic carbocycles. The zero-order valence-corrected chi connectivity index (χ0v) is 18.0. The average molecular weight is 409 g/mol. The summed E-state index contributed by atoms with van der Waals surface area (Å²) in [6, 6.07) is 5.62. The monoisotopic (exact) mass is 408 g/mol. The molecule has 0 aliphatic heterocycles. The van der Waals surface area contributed by atoms with E-state index >= 15 is 0 Å². The summed E-state index contributed by atoms with van der Waals surface area (Å²) in [5.74, 6) is -1.64. The zero-order valence-electron chi connectivity index (χ0n) is 17.2. The summed E-state index contributed by atoms with van der Waals surface area (Å²) in [5, 5.41) is 24.0. The van der Waals surface area contributed by atoms with Crippen LogP contribution in [0.4, 0.5) is 0 Å². The molecule has 0 saturated heterocycles. The maximum absolute atomic E-state index is 12.1. The van der Waals surface area contributed by atoms with Gasteiger partial charge in [-0.2, -0.15) is 0 Å². The SMILES string of the molecule is CCCC(C(=O)[O-])c1c(C)nc2sc3c(c2c1-c1ccc(C)cc1O)CCCC3. The lowest BCUT2D eigenvalue weighted by Gasteiger charge is -2.25. The predicted molar refractivity (Wildman–Crippen MR) is 115 cm³/mol. The van der Waals surface area contributed by atoms with Gasteiger partial charge in [0.2, 0.25) is 0 Å². The number of carboxylic acids is 1. The number of phenols is 1. The molecule has 0 fully saturated rings. The summed E-state index contributed by atoms with van der Waals surface area (Å²) in [4.78, 5) is 19.3. The third-order valence-electron chi connectivity index (χ3n) is 5.96. The number of carbonyl (C=O) groups is 1. The van der Waals surface area contributed by atoms with Crippen molar-refractivity contribution in [3.05, 3.63) is 45.5 Å². The molecule has 2 heterocycles. The third-order valence-corrected chi connectivity index (χ3v) is 7.15. The van der Waals surface area contributed by atoms with Crippen LogP contribution in [0.5, 0.6) is 5.75 Å². The number of benzene rings is 1. The summed E-state index contributed by atoms with van der Waals surface area (Å²) >= 11 is 1.72. The van der Waals surface area contributed by atoms with Gasteiger partial charge in [0, 0.05) is 39.0 Å². The van der Waals surface area contributed by atoms with Crippen LogP contribution in [0.2, 0.25) is 0 Å². The van der Waals surface area contributed by atoms with Crippen LogP contribution >= 0.6 is 11.3 Å². The summed E-state index contributed by atoms with van der Waals surface area (Å²) < 4.78 is 0. The molecule has 1 atom stereocenters. The van der Waals surface area contributed by atoms with Crippen LogP contribution in [-0.4, -0.2) is 16.1 Å². The van der Waals surface area contributed by atoms with Gasteiger partial charge in [0.1, 0.15) is 10.6 Å². The highest BCUT2D eigenvalue weighted by Gasteiger charge is 2.28. The van der Waals surface area contributed by atoms with Gasteiger partial charge < -0.3 is 15.0 Å². The molecule has 3 aromatic rings. The van der Waals surface area contributed by atoms with Crippen molar-refractivity contribution in [1.82, 2.24) is 4.98 Å². The largest absolute Gasteiger partial charge is 0.549 e. The minimum absolute atomic E-state index is 0.183. The standard InChI is InChI=1S/C24H27NO3S/c1-4-7-17(24(27)28)20-14(3)25-23-22(16-8-5-6-9-19(16)29-23)21(20)15-11-10-13(2)12-18(15)26/h10-12,17,26H,4-9H2,1-3H3,(H,27,28)/p-1. The van der Waals surface area contributed by atoms with E-state index in [1.54, 1.807) is 17.4 Å². The second kappa shape index (κ2) is 7.79. The predicted octanol–water partition coefficient (Wildman–Crippen LogP) is 4.80. The molecule has 4 nitrogen and oxygen atoms in total. The molecule has 0 saturated carbocycles. The lowest BCUT2D eigenvalue weighted by molar-refractivity contribution is -0.308. The first-order chi connectivity index (χ1) is 13.9. The fourth-order valence-electron chi connectivity index (χ4n) is 4.64. The maximum atomic E-state index is 12.1. The van der Waals surface area contributed by atoms with Crippen molar-refractivity contribution in [2.24, 2.45) is 0 Å². The fraction of sp³-hybridized carbons (Fsp3) is 0.417. The van der Waals surface area contributed by atoms with Crippen LogP contribution in [0.3, 0.4) is 0 Å². The molecular weight excluding hydrogens is 382 g/mol. The topological polar surface area (TPSA) is 73.2 Å².